The van der Waals surface area contributed by atoms with Crippen LogP contribution < -0.4 is 10.1 Å². The van der Waals surface area contributed by atoms with Gasteiger partial charge in [-0.1, -0.05) is 30.1 Å². The Kier molecular flexibility index (Phi) is 6.11. The number of nitrogens with zero attached hydrogens (tertiary/aromatic N) is 1. The third-order valence-electron chi connectivity index (χ3n) is 4.52. The molecular formula is C20H18Cl2N2O2S. The topological polar surface area (TPSA) is 62.1 Å². The number of anilines is 1. The van der Waals surface area contributed by atoms with Crippen LogP contribution in [-0.4, -0.2) is 13.0 Å². The molecular weight excluding hydrogens is 403 g/mol. The molecule has 3 rings (SSSR count). The van der Waals surface area contributed by atoms with Crippen LogP contribution in [0.15, 0.2) is 18.2 Å². The molecule has 1 aliphatic carbocycles. The van der Waals surface area contributed by atoms with Crippen LogP contribution in [0.5, 0.6) is 5.75 Å². The molecule has 7 heteroatoms. The SMILES string of the molecule is COc1c(Cl)cc(Cl)cc1C=CC(=O)Nc1sc2c(c1C#N)CCC(C)C2. The Balaban J connectivity index is 1.81. The molecule has 0 spiro atoms. The van der Waals surface area contributed by atoms with Crippen LogP contribution >= 0.6 is 34.5 Å². The molecule has 0 radical (unpaired) electrons. The van der Waals surface area contributed by atoms with Crippen LogP contribution in [0.4, 0.5) is 5.00 Å². The zero-order valence-corrected chi connectivity index (χ0v) is 17.3. The smallest absolute Gasteiger partial charge is 0.249 e. The summed E-state index contributed by atoms with van der Waals surface area (Å²) in [6, 6.07) is 5.50. The van der Waals surface area contributed by atoms with Gasteiger partial charge in [0.15, 0.2) is 0 Å². The Hall–Kier alpha value is -2.00. The van der Waals surface area contributed by atoms with E-state index in [-0.39, 0.29) is 5.91 Å². The van der Waals surface area contributed by atoms with E-state index < -0.39 is 0 Å². The molecule has 1 heterocycles. The maximum Gasteiger partial charge on any atom is 0.249 e. The lowest BCUT2D eigenvalue weighted by atomic mass is 9.89. The third kappa shape index (κ3) is 4.30. The number of fused-ring (bicyclic) bond motifs is 1. The second kappa shape index (κ2) is 8.35. The van der Waals surface area contributed by atoms with E-state index in [2.05, 4.69) is 18.3 Å². The second-order valence-electron chi connectivity index (χ2n) is 6.50. The number of ether oxygens (including phenoxy) is 1. The molecule has 27 heavy (non-hydrogen) atoms. The molecule has 0 saturated heterocycles. The summed E-state index contributed by atoms with van der Waals surface area (Å²) in [4.78, 5) is 13.6. The molecule has 140 valence electrons. The number of carbonyl (C=O) groups is 1. The second-order valence-corrected chi connectivity index (χ2v) is 8.45. The summed E-state index contributed by atoms with van der Waals surface area (Å²) in [6.45, 7) is 2.21. The highest BCUT2D eigenvalue weighted by Crippen LogP contribution is 2.39. The molecule has 4 nitrogen and oxygen atoms in total. The molecule has 1 atom stereocenters. The van der Waals surface area contributed by atoms with E-state index in [0.717, 1.165) is 24.8 Å². The standard InChI is InChI=1S/C20H18Cl2N2O2S/c1-11-3-5-14-15(10-23)20(27-17(14)7-11)24-18(25)6-4-12-8-13(21)9-16(22)19(12)26-2/h4,6,8-9,11H,3,5,7H2,1-2H3,(H,24,25). The Morgan fingerprint density at radius 2 is 2.22 bits per heavy atom. The molecule has 0 saturated carbocycles. The maximum absolute atomic E-state index is 12.4. The summed E-state index contributed by atoms with van der Waals surface area (Å²) < 4.78 is 5.27. The van der Waals surface area contributed by atoms with Crippen molar-refractivity contribution in [1.82, 2.24) is 0 Å². The number of carbonyl (C=O) groups excluding carboxylic acids is 1. The average Bonchev–Trinajstić information content (AvgIpc) is 2.95. The first-order chi connectivity index (χ1) is 12.9. The Morgan fingerprint density at radius 1 is 1.44 bits per heavy atom. The first kappa shape index (κ1) is 19.8. The van der Waals surface area contributed by atoms with Gasteiger partial charge in [-0.3, -0.25) is 4.79 Å². The van der Waals surface area contributed by atoms with Crippen molar-refractivity contribution in [3.05, 3.63) is 49.8 Å². The summed E-state index contributed by atoms with van der Waals surface area (Å²) >= 11 is 13.6. The van der Waals surface area contributed by atoms with Gasteiger partial charge in [-0.2, -0.15) is 5.26 Å². The van der Waals surface area contributed by atoms with Gasteiger partial charge in [0, 0.05) is 21.5 Å². The van der Waals surface area contributed by atoms with E-state index in [4.69, 9.17) is 27.9 Å². The van der Waals surface area contributed by atoms with Gasteiger partial charge in [0.25, 0.3) is 0 Å². The molecule has 2 aromatic rings. The molecule has 1 aromatic heterocycles. The largest absolute Gasteiger partial charge is 0.495 e. The Labute approximate surface area is 172 Å². The zero-order valence-electron chi connectivity index (χ0n) is 14.9. The van der Waals surface area contributed by atoms with E-state index in [1.807, 2.05) is 0 Å². The van der Waals surface area contributed by atoms with Crippen molar-refractivity contribution in [3.8, 4) is 11.8 Å². The molecule has 0 aliphatic heterocycles. The van der Waals surface area contributed by atoms with Crippen molar-refractivity contribution in [2.24, 2.45) is 5.92 Å². The summed E-state index contributed by atoms with van der Waals surface area (Å²) in [5.74, 6) is 0.728. The molecule has 1 unspecified atom stereocenters. The predicted molar refractivity (Wildman–Crippen MR) is 111 cm³/mol. The quantitative estimate of drug-likeness (QED) is 0.643. The fourth-order valence-electron chi connectivity index (χ4n) is 3.20. The lowest BCUT2D eigenvalue weighted by Crippen LogP contribution is -2.10. The average molecular weight is 421 g/mol. The highest BCUT2D eigenvalue weighted by atomic mass is 35.5. The van der Waals surface area contributed by atoms with Crippen molar-refractivity contribution < 1.29 is 9.53 Å². The first-order valence-corrected chi connectivity index (χ1v) is 10.1. The van der Waals surface area contributed by atoms with Gasteiger partial charge in [-0.25, -0.2) is 0 Å². The number of halogens is 2. The Bertz CT molecular complexity index is 960. The van der Waals surface area contributed by atoms with Crippen LogP contribution in [0, 0.1) is 17.2 Å². The van der Waals surface area contributed by atoms with E-state index in [0.29, 0.717) is 37.8 Å². The fraction of sp³-hybridized carbons (Fsp3) is 0.300. The number of nitriles is 1. The Morgan fingerprint density at radius 3 is 2.93 bits per heavy atom. The van der Waals surface area contributed by atoms with Crippen LogP contribution in [0.2, 0.25) is 10.0 Å². The predicted octanol–water partition coefficient (Wildman–Crippen LogP) is 5.71. The molecule has 1 aromatic carbocycles. The molecule has 0 fully saturated rings. The van der Waals surface area contributed by atoms with Gasteiger partial charge in [-0.05, 0) is 49.0 Å². The number of nitrogens with one attached hydrogen (secondary N) is 1. The number of rotatable bonds is 4. The van der Waals surface area contributed by atoms with Gasteiger partial charge in [0.1, 0.15) is 16.8 Å². The van der Waals surface area contributed by atoms with Gasteiger partial charge >= 0.3 is 0 Å². The van der Waals surface area contributed by atoms with Gasteiger partial charge in [0.2, 0.25) is 5.91 Å². The third-order valence-corrected chi connectivity index (χ3v) is 6.18. The van der Waals surface area contributed by atoms with E-state index >= 15 is 0 Å². The van der Waals surface area contributed by atoms with Crippen molar-refractivity contribution in [2.45, 2.75) is 26.2 Å². The molecule has 1 aliphatic rings. The highest BCUT2D eigenvalue weighted by molar-refractivity contribution is 7.16. The number of amides is 1. The van der Waals surface area contributed by atoms with Gasteiger partial charge in [-0.15, -0.1) is 11.3 Å². The number of thiophene rings is 1. The number of benzene rings is 1. The summed E-state index contributed by atoms with van der Waals surface area (Å²) in [5.41, 5.74) is 2.28. The van der Waals surface area contributed by atoms with Crippen molar-refractivity contribution in [3.63, 3.8) is 0 Å². The van der Waals surface area contributed by atoms with Crippen molar-refractivity contribution in [2.75, 3.05) is 12.4 Å². The number of hydrogen-bond acceptors (Lipinski definition) is 4. The fourth-order valence-corrected chi connectivity index (χ4v) is 5.15. The lowest BCUT2D eigenvalue weighted by Gasteiger charge is -2.17. The normalized spacial score (nSPS) is 16.0. The van der Waals surface area contributed by atoms with Crippen LogP contribution in [0.1, 0.15) is 34.9 Å². The van der Waals surface area contributed by atoms with E-state index in [1.165, 1.54) is 29.4 Å². The summed E-state index contributed by atoms with van der Waals surface area (Å²) in [7, 11) is 1.50. The van der Waals surface area contributed by atoms with Crippen molar-refractivity contribution >= 4 is 51.5 Å². The highest BCUT2D eigenvalue weighted by Gasteiger charge is 2.24. The number of methoxy groups -OCH3 is 1. The van der Waals surface area contributed by atoms with Gasteiger partial charge < -0.3 is 10.1 Å². The van der Waals surface area contributed by atoms with Gasteiger partial charge in [0.05, 0.1) is 17.7 Å². The lowest BCUT2D eigenvalue weighted by molar-refractivity contribution is -0.111. The van der Waals surface area contributed by atoms with E-state index in [1.54, 1.807) is 18.2 Å². The maximum atomic E-state index is 12.4. The van der Waals surface area contributed by atoms with Crippen molar-refractivity contribution in [1.29, 1.82) is 5.26 Å². The summed E-state index contributed by atoms with van der Waals surface area (Å²) in [6.07, 6.45) is 5.89. The minimum Gasteiger partial charge on any atom is -0.495 e. The molecule has 0 bridgehead atoms. The molecule has 1 N–H and O–H groups in total. The monoisotopic (exact) mass is 420 g/mol. The van der Waals surface area contributed by atoms with Crippen LogP contribution in [0.25, 0.3) is 6.08 Å². The van der Waals surface area contributed by atoms with E-state index in [9.17, 15) is 10.1 Å². The summed E-state index contributed by atoms with van der Waals surface area (Å²) in [5, 5.41) is 13.8. The van der Waals surface area contributed by atoms with Crippen LogP contribution in [-0.2, 0) is 17.6 Å². The van der Waals surface area contributed by atoms with Crippen LogP contribution in [0.3, 0.4) is 0 Å². The minimum absolute atomic E-state index is 0.323. The number of hydrogen-bond donors (Lipinski definition) is 1. The first-order valence-electron chi connectivity index (χ1n) is 8.49. The zero-order chi connectivity index (χ0) is 19.6. The minimum atomic E-state index is -0.323. The molecule has 1 amide bonds.